The lowest BCUT2D eigenvalue weighted by atomic mass is 9.99. The fraction of sp³-hybridized carbons (Fsp3) is 0.400. The van der Waals surface area contributed by atoms with Gasteiger partial charge in [0.2, 0.25) is 0 Å². The Morgan fingerprint density at radius 1 is 1.13 bits per heavy atom. The number of hydrogen-bond donors (Lipinski definition) is 1. The molecule has 3 heteroatoms. The zero-order chi connectivity index (χ0) is 16.2. The zero-order valence-electron chi connectivity index (χ0n) is 14.3. The van der Waals surface area contributed by atoms with Crippen LogP contribution in [-0.4, -0.2) is 19.7 Å². The number of rotatable bonds is 5. The molecule has 0 fully saturated rings. The highest BCUT2D eigenvalue weighted by Gasteiger charge is 2.19. The second kappa shape index (κ2) is 7.05. The number of hydrogen-bond acceptors (Lipinski definition) is 3. The highest BCUT2D eigenvalue weighted by atomic mass is 16.5. The molecule has 2 aromatic rings. The number of benzene rings is 2. The van der Waals surface area contributed by atoms with Crippen LogP contribution in [0.2, 0.25) is 0 Å². The van der Waals surface area contributed by atoms with Crippen LogP contribution < -0.4 is 15.0 Å². The first-order chi connectivity index (χ1) is 11.2. The van der Waals surface area contributed by atoms with E-state index in [1.165, 1.54) is 22.4 Å². The van der Waals surface area contributed by atoms with Gasteiger partial charge in [0, 0.05) is 25.7 Å². The van der Waals surface area contributed by atoms with Gasteiger partial charge in [0.05, 0.1) is 12.8 Å². The van der Waals surface area contributed by atoms with E-state index in [0.717, 1.165) is 31.8 Å². The van der Waals surface area contributed by atoms with Crippen molar-refractivity contribution in [2.75, 3.05) is 18.6 Å². The number of nitrogens with one attached hydrogen (secondary N) is 1. The Bertz CT molecular complexity index is 666. The minimum atomic E-state index is 0.485. The van der Waals surface area contributed by atoms with Gasteiger partial charge in [-0.15, -0.1) is 0 Å². The van der Waals surface area contributed by atoms with E-state index in [1.807, 2.05) is 0 Å². The Morgan fingerprint density at radius 2 is 1.91 bits per heavy atom. The molecular formula is C20H26N2O. The van der Waals surface area contributed by atoms with Gasteiger partial charge in [-0.1, -0.05) is 44.2 Å². The lowest BCUT2D eigenvalue weighted by Gasteiger charge is -2.32. The maximum atomic E-state index is 5.66. The predicted molar refractivity (Wildman–Crippen MR) is 96.2 cm³/mol. The average Bonchev–Trinajstić information content (AvgIpc) is 2.59. The molecule has 0 atom stereocenters. The van der Waals surface area contributed by atoms with Crippen LogP contribution in [0.25, 0.3) is 0 Å². The number of ether oxygens (including phenoxy) is 1. The summed E-state index contributed by atoms with van der Waals surface area (Å²) < 4.78 is 5.66. The van der Waals surface area contributed by atoms with Crippen LogP contribution in [0.3, 0.4) is 0 Å². The lowest BCUT2D eigenvalue weighted by Crippen LogP contribution is -2.30. The SMILES string of the molecule is COc1cc(CNC(C)C)ccc1N1CCc2ccccc2C1. The molecule has 0 aromatic heterocycles. The molecule has 23 heavy (non-hydrogen) atoms. The van der Waals surface area contributed by atoms with Crippen molar-refractivity contribution in [3.8, 4) is 5.75 Å². The summed E-state index contributed by atoms with van der Waals surface area (Å²) in [7, 11) is 1.76. The molecule has 1 aliphatic heterocycles. The number of fused-ring (bicyclic) bond motifs is 1. The third-order valence-electron chi connectivity index (χ3n) is 4.43. The normalized spacial score (nSPS) is 14.0. The molecule has 0 saturated heterocycles. The zero-order valence-corrected chi connectivity index (χ0v) is 14.3. The smallest absolute Gasteiger partial charge is 0.142 e. The molecule has 0 saturated carbocycles. The highest BCUT2D eigenvalue weighted by Crippen LogP contribution is 2.33. The maximum Gasteiger partial charge on any atom is 0.142 e. The van der Waals surface area contributed by atoms with Crippen LogP contribution in [0.4, 0.5) is 5.69 Å². The summed E-state index contributed by atoms with van der Waals surface area (Å²) in [6.07, 6.45) is 1.09. The van der Waals surface area contributed by atoms with Gasteiger partial charge in [-0.25, -0.2) is 0 Å². The van der Waals surface area contributed by atoms with Gasteiger partial charge in [-0.05, 0) is 35.2 Å². The Kier molecular flexibility index (Phi) is 4.87. The molecule has 0 aliphatic carbocycles. The van der Waals surface area contributed by atoms with E-state index in [0.29, 0.717) is 6.04 Å². The second-order valence-corrected chi connectivity index (χ2v) is 6.48. The third kappa shape index (κ3) is 3.67. The molecule has 2 aromatic carbocycles. The Morgan fingerprint density at radius 3 is 2.65 bits per heavy atom. The van der Waals surface area contributed by atoms with Gasteiger partial charge in [0.25, 0.3) is 0 Å². The van der Waals surface area contributed by atoms with Crippen molar-refractivity contribution in [3.05, 3.63) is 59.2 Å². The molecule has 3 rings (SSSR count). The Hall–Kier alpha value is -2.00. The summed E-state index contributed by atoms with van der Waals surface area (Å²) in [6.45, 7) is 7.19. The van der Waals surface area contributed by atoms with E-state index < -0.39 is 0 Å². The van der Waals surface area contributed by atoms with E-state index >= 15 is 0 Å². The van der Waals surface area contributed by atoms with Crippen molar-refractivity contribution in [3.63, 3.8) is 0 Å². The topological polar surface area (TPSA) is 24.5 Å². The molecular weight excluding hydrogens is 284 g/mol. The van der Waals surface area contributed by atoms with Crippen molar-refractivity contribution in [1.82, 2.24) is 5.32 Å². The van der Waals surface area contributed by atoms with Crippen LogP contribution in [0.1, 0.15) is 30.5 Å². The fourth-order valence-corrected chi connectivity index (χ4v) is 3.12. The molecule has 0 unspecified atom stereocenters. The molecule has 0 radical (unpaired) electrons. The van der Waals surface area contributed by atoms with Crippen molar-refractivity contribution in [2.45, 2.75) is 39.4 Å². The molecule has 0 amide bonds. The van der Waals surface area contributed by atoms with E-state index in [-0.39, 0.29) is 0 Å². The molecule has 1 aliphatic rings. The fourth-order valence-electron chi connectivity index (χ4n) is 3.12. The number of nitrogens with zero attached hydrogens (tertiary/aromatic N) is 1. The summed E-state index contributed by atoms with van der Waals surface area (Å²) >= 11 is 0. The van der Waals surface area contributed by atoms with E-state index in [1.54, 1.807) is 7.11 Å². The van der Waals surface area contributed by atoms with Crippen molar-refractivity contribution in [1.29, 1.82) is 0 Å². The molecule has 0 spiro atoms. The summed E-state index contributed by atoms with van der Waals surface area (Å²) in [5, 5.41) is 3.46. The van der Waals surface area contributed by atoms with Gasteiger partial charge in [0.15, 0.2) is 0 Å². The predicted octanol–water partition coefficient (Wildman–Crippen LogP) is 3.76. The molecule has 3 nitrogen and oxygen atoms in total. The first-order valence-electron chi connectivity index (χ1n) is 8.39. The molecule has 122 valence electrons. The van der Waals surface area contributed by atoms with E-state index in [9.17, 15) is 0 Å². The number of methoxy groups -OCH3 is 1. The van der Waals surface area contributed by atoms with Crippen molar-refractivity contribution >= 4 is 5.69 Å². The van der Waals surface area contributed by atoms with Gasteiger partial charge in [-0.3, -0.25) is 0 Å². The number of anilines is 1. The van der Waals surface area contributed by atoms with Crippen molar-refractivity contribution in [2.24, 2.45) is 0 Å². The first-order valence-corrected chi connectivity index (χ1v) is 8.39. The average molecular weight is 310 g/mol. The highest BCUT2D eigenvalue weighted by molar-refractivity contribution is 5.61. The van der Waals surface area contributed by atoms with Crippen LogP contribution in [0, 0.1) is 0 Å². The van der Waals surface area contributed by atoms with Gasteiger partial charge in [0.1, 0.15) is 5.75 Å². The minimum absolute atomic E-state index is 0.485. The second-order valence-electron chi connectivity index (χ2n) is 6.48. The molecule has 1 N–H and O–H groups in total. The van der Waals surface area contributed by atoms with Crippen LogP contribution >= 0.6 is 0 Å². The molecule has 0 bridgehead atoms. The largest absolute Gasteiger partial charge is 0.495 e. The van der Waals surface area contributed by atoms with E-state index in [4.69, 9.17) is 4.74 Å². The standard InChI is InChI=1S/C20H26N2O/c1-15(2)21-13-16-8-9-19(20(12-16)23-3)22-11-10-17-6-4-5-7-18(17)14-22/h4-9,12,15,21H,10-11,13-14H2,1-3H3. The van der Waals surface area contributed by atoms with Crippen LogP contribution in [0.15, 0.2) is 42.5 Å². The summed E-state index contributed by atoms with van der Waals surface area (Å²) in [6, 6.07) is 15.8. The third-order valence-corrected chi connectivity index (χ3v) is 4.43. The van der Waals surface area contributed by atoms with Gasteiger partial charge >= 0.3 is 0 Å². The maximum absolute atomic E-state index is 5.66. The van der Waals surface area contributed by atoms with Crippen molar-refractivity contribution < 1.29 is 4.74 Å². The van der Waals surface area contributed by atoms with Crippen LogP contribution in [-0.2, 0) is 19.5 Å². The molecule has 1 heterocycles. The Balaban J connectivity index is 1.80. The summed E-state index contributed by atoms with van der Waals surface area (Å²) in [4.78, 5) is 2.42. The summed E-state index contributed by atoms with van der Waals surface area (Å²) in [5.74, 6) is 0.965. The van der Waals surface area contributed by atoms with Gasteiger partial charge in [-0.2, -0.15) is 0 Å². The monoisotopic (exact) mass is 310 g/mol. The Labute approximate surface area is 139 Å². The first kappa shape index (κ1) is 15.9. The van der Waals surface area contributed by atoms with E-state index in [2.05, 4.69) is 66.5 Å². The summed E-state index contributed by atoms with van der Waals surface area (Å²) in [5.41, 5.74) is 5.35. The van der Waals surface area contributed by atoms with Gasteiger partial charge < -0.3 is 15.0 Å². The lowest BCUT2D eigenvalue weighted by molar-refractivity contribution is 0.413. The quantitative estimate of drug-likeness (QED) is 0.910. The minimum Gasteiger partial charge on any atom is -0.495 e. The van der Waals surface area contributed by atoms with Crippen LogP contribution in [0.5, 0.6) is 5.75 Å².